The van der Waals surface area contributed by atoms with E-state index in [1.807, 2.05) is 55.9 Å². The number of nitrogens with zero attached hydrogens (tertiary/aromatic N) is 2. The number of allylic oxidation sites excluding steroid dienone is 4. The fraction of sp³-hybridized carbons (Fsp3) is 0.304. The molecule has 6 heteroatoms. The number of amides is 1. The third-order valence-electron chi connectivity index (χ3n) is 4.55. The van der Waals surface area contributed by atoms with Crippen LogP contribution in [0.25, 0.3) is 11.1 Å². The second-order valence-electron chi connectivity index (χ2n) is 6.75. The van der Waals surface area contributed by atoms with Gasteiger partial charge in [0, 0.05) is 38.5 Å². The maximum absolute atomic E-state index is 12.1. The van der Waals surface area contributed by atoms with Crippen LogP contribution in [0.4, 0.5) is 5.82 Å². The first-order chi connectivity index (χ1) is 13.9. The Hall–Kier alpha value is -2.86. The monoisotopic (exact) mass is 411 g/mol. The van der Waals surface area contributed by atoms with E-state index in [2.05, 4.69) is 23.3 Å². The molecule has 0 aliphatic carbocycles. The smallest absolute Gasteiger partial charge is 0.263 e. The average molecular weight is 412 g/mol. The van der Waals surface area contributed by atoms with Crippen molar-refractivity contribution in [3.63, 3.8) is 0 Å². The van der Waals surface area contributed by atoms with E-state index in [0.717, 1.165) is 39.6 Å². The summed E-state index contributed by atoms with van der Waals surface area (Å²) in [6.45, 7) is 6.06. The molecule has 0 saturated heterocycles. The zero-order valence-corrected chi connectivity index (χ0v) is 18.8. The number of nitrogens with one attached hydrogen (secondary N) is 1. The summed E-state index contributed by atoms with van der Waals surface area (Å²) in [5.41, 5.74) is 4.30. The van der Waals surface area contributed by atoms with Crippen LogP contribution in [0.3, 0.4) is 0 Å². The molecule has 0 fully saturated rings. The summed E-state index contributed by atoms with van der Waals surface area (Å²) in [4.78, 5) is 18.9. The van der Waals surface area contributed by atoms with E-state index in [-0.39, 0.29) is 5.91 Å². The molecule has 0 unspecified atom stereocenters. The molecule has 0 bridgehead atoms. The summed E-state index contributed by atoms with van der Waals surface area (Å²) in [6.07, 6.45) is 8.60. The van der Waals surface area contributed by atoms with E-state index >= 15 is 0 Å². The molecule has 0 saturated carbocycles. The first-order valence-electron chi connectivity index (χ1n) is 9.44. The maximum Gasteiger partial charge on any atom is 0.263 e. The van der Waals surface area contributed by atoms with Gasteiger partial charge in [0.1, 0.15) is 5.82 Å². The average Bonchev–Trinajstić information content (AvgIpc) is 3.23. The summed E-state index contributed by atoms with van der Waals surface area (Å²) in [5, 5.41) is 5.24. The van der Waals surface area contributed by atoms with Crippen LogP contribution in [0.5, 0.6) is 0 Å². The van der Waals surface area contributed by atoms with Crippen LogP contribution in [-0.2, 0) is 4.74 Å². The van der Waals surface area contributed by atoms with Crippen molar-refractivity contribution < 1.29 is 9.53 Å². The molecule has 2 aromatic rings. The van der Waals surface area contributed by atoms with E-state index in [9.17, 15) is 4.79 Å². The third-order valence-corrected chi connectivity index (χ3v) is 5.47. The largest absolute Gasteiger partial charge is 0.501 e. The number of aromatic nitrogens is 1. The van der Waals surface area contributed by atoms with Gasteiger partial charge in [-0.25, -0.2) is 4.98 Å². The second-order valence-corrected chi connectivity index (χ2v) is 7.66. The molecule has 2 aromatic heterocycles. The van der Waals surface area contributed by atoms with E-state index in [4.69, 9.17) is 4.74 Å². The van der Waals surface area contributed by atoms with Gasteiger partial charge in [-0.2, -0.15) is 0 Å². The van der Waals surface area contributed by atoms with Crippen molar-refractivity contribution in [2.75, 3.05) is 26.5 Å². The Morgan fingerprint density at radius 1 is 1.24 bits per heavy atom. The minimum atomic E-state index is 0.0161. The molecule has 5 nitrogen and oxygen atoms in total. The van der Waals surface area contributed by atoms with Crippen LogP contribution >= 0.6 is 11.3 Å². The highest BCUT2D eigenvalue weighted by atomic mass is 32.1. The number of hydrogen-bond acceptors (Lipinski definition) is 5. The van der Waals surface area contributed by atoms with Crippen molar-refractivity contribution in [2.45, 2.75) is 27.2 Å². The number of ether oxygens (including phenoxy) is 1. The van der Waals surface area contributed by atoms with Crippen molar-refractivity contribution >= 4 is 23.1 Å². The number of pyridine rings is 1. The van der Waals surface area contributed by atoms with Gasteiger partial charge in [-0.15, -0.1) is 11.3 Å². The van der Waals surface area contributed by atoms with Crippen LogP contribution < -0.4 is 5.32 Å². The summed E-state index contributed by atoms with van der Waals surface area (Å²) < 4.78 is 5.37. The standard InChI is InChI=1S/C23H29N3O2S/c1-7-17(11-20(8-2)28-6)16(3)13-24-22-10-9-18(14-25-22)19-12-21(29-15-19)23(27)26(4)5/h7-10,12-15H,11H2,1-6H3,(H,24,25)/b16-13+,17-7+,20-8+. The Morgan fingerprint density at radius 3 is 2.55 bits per heavy atom. The SMILES string of the molecule is C/C=C(\CC(=C\C)/C(C)=C/Nc1ccc(-c2csc(C(=O)N(C)C)c2)cn1)OC. The van der Waals surface area contributed by atoms with E-state index < -0.39 is 0 Å². The predicted molar refractivity (Wildman–Crippen MR) is 122 cm³/mol. The van der Waals surface area contributed by atoms with Gasteiger partial charge in [-0.1, -0.05) is 6.08 Å². The fourth-order valence-electron chi connectivity index (χ4n) is 2.69. The molecule has 0 radical (unpaired) electrons. The molecule has 0 spiro atoms. The zero-order chi connectivity index (χ0) is 21.4. The lowest BCUT2D eigenvalue weighted by Crippen LogP contribution is -2.20. The molecular weight excluding hydrogens is 382 g/mol. The maximum atomic E-state index is 12.1. The number of methoxy groups -OCH3 is 1. The van der Waals surface area contributed by atoms with Crippen LogP contribution in [0, 0.1) is 0 Å². The Kier molecular flexibility index (Phi) is 8.21. The normalized spacial score (nSPS) is 12.7. The highest BCUT2D eigenvalue weighted by Gasteiger charge is 2.12. The number of carbonyl (C=O) groups is 1. The molecule has 1 amide bonds. The topological polar surface area (TPSA) is 54.5 Å². The number of rotatable bonds is 8. The Labute approximate surface area is 177 Å². The summed E-state index contributed by atoms with van der Waals surface area (Å²) in [7, 11) is 5.21. The van der Waals surface area contributed by atoms with Gasteiger partial charge < -0.3 is 15.0 Å². The number of thiophene rings is 1. The molecule has 0 aromatic carbocycles. The van der Waals surface area contributed by atoms with Gasteiger partial charge in [-0.3, -0.25) is 4.79 Å². The lowest BCUT2D eigenvalue weighted by molar-refractivity contribution is 0.0832. The second kappa shape index (κ2) is 10.6. The molecule has 0 aliphatic rings. The zero-order valence-electron chi connectivity index (χ0n) is 17.9. The van der Waals surface area contributed by atoms with Crippen LogP contribution in [-0.4, -0.2) is 37.0 Å². The van der Waals surface area contributed by atoms with Crippen molar-refractivity contribution in [3.05, 3.63) is 69.9 Å². The Balaban J connectivity index is 2.07. The first-order valence-corrected chi connectivity index (χ1v) is 10.3. The van der Waals surface area contributed by atoms with Crippen LogP contribution in [0.2, 0.25) is 0 Å². The van der Waals surface area contributed by atoms with Gasteiger partial charge in [0.2, 0.25) is 0 Å². The van der Waals surface area contributed by atoms with E-state index in [0.29, 0.717) is 0 Å². The van der Waals surface area contributed by atoms with Crippen molar-refractivity contribution in [1.82, 2.24) is 9.88 Å². The highest BCUT2D eigenvalue weighted by Crippen LogP contribution is 2.26. The number of hydrogen-bond donors (Lipinski definition) is 1. The molecule has 2 rings (SSSR count). The van der Waals surface area contributed by atoms with Gasteiger partial charge in [-0.05, 0) is 67.1 Å². The molecule has 154 valence electrons. The van der Waals surface area contributed by atoms with Crippen molar-refractivity contribution in [3.8, 4) is 11.1 Å². The summed E-state index contributed by atoms with van der Waals surface area (Å²) >= 11 is 1.45. The van der Waals surface area contributed by atoms with Crippen molar-refractivity contribution in [2.24, 2.45) is 0 Å². The summed E-state index contributed by atoms with van der Waals surface area (Å²) in [5.74, 6) is 1.72. The van der Waals surface area contributed by atoms with Gasteiger partial charge in [0.15, 0.2) is 0 Å². The lowest BCUT2D eigenvalue weighted by Gasteiger charge is -2.11. The number of carbonyl (C=O) groups excluding carboxylic acids is 1. The van der Waals surface area contributed by atoms with E-state index in [1.165, 1.54) is 16.9 Å². The third kappa shape index (κ3) is 6.06. The fourth-order valence-corrected chi connectivity index (χ4v) is 3.63. The lowest BCUT2D eigenvalue weighted by atomic mass is 10.0. The molecule has 0 atom stereocenters. The molecule has 29 heavy (non-hydrogen) atoms. The van der Waals surface area contributed by atoms with Gasteiger partial charge >= 0.3 is 0 Å². The molecule has 1 N–H and O–H groups in total. The van der Waals surface area contributed by atoms with Gasteiger partial charge in [0.05, 0.1) is 17.7 Å². The molecule has 2 heterocycles. The Morgan fingerprint density at radius 2 is 2.00 bits per heavy atom. The molecular formula is C23H29N3O2S. The molecule has 0 aliphatic heterocycles. The van der Waals surface area contributed by atoms with E-state index in [1.54, 1.807) is 26.1 Å². The minimum absolute atomic E-state index is 0.0161. The van der Waals surface area contributed by atoms with Gasteiger partial charge in [0.25, 0.3) is 5.91 Å². The first kappa shape index (κ1) is 22.4. The predicted octanol–water partition coefficient (Wildman–Crippen LogP) is 5.71. The highest BCUT2D eigenvalue weighted by molar-refractivity contribution is 7.12. The number of anilines is 1. The van der Waals surface area contributed by atoms with Crippen LogP contribution in [0.15, 0.2) is 65.0 Å². The van der Waals surface area contributed by atoms with Crippen LogP contribution in [0.1, 0.15) is 36.9 Å². The Bertz CT molecular complexity index is 922. The van der Waals surface area contributed by atoms with Crippen molar-refractivity contribution in [1.29, 1.82) is 0 Å². The summed E-state index contributed by atoms with van der Waals surface area (Å²) in [6, 6.07) is 5.85. The quantitative estimate of drug-likeness (QED) is 0.446. The minimum Gasteiger partial charge on any atom is -0.501 e.